The third-order valence-corrected chi connectivity index (χ3v) is 7.38. The molecule has 23 heavy (non-hydrogen) atoms. The summed E-state index contributed by atoms with van der Waals surface area (Å²) >= 11 is 5.69. The Morgan fingerprint density at radius 2 is 1.70 bits per heavy atom. The first-order valence-corrected chi connectivity index (χ1v) is 10.9. The fraction of sp³-hybridized carbons (Fsp3) is 0.278. The summed E-state index contributed by atoms with van der Waals surface area (Å²) < 4.78 is 0.514. The summed E-state index contributed by atoms with van der Waals surface area (Å²) in [4.78, 5) is 13.5. The molecule has 2 aromatic carbocycles. The van der Waals surface area contributed by atoms with Crippen LogP contribution in [-0.2, 0) is 0 Å². The van der Waals surface area contributed by atoms with E-state index in [9.17, 15) is 4.79 Å². The Labute approximate surface area is 150 Å². The summed E-state index contributed by atoms with van der Waals surface area (Å²) in [6.07, 6.45) is 3.33. The summed E-state index contributed by atoms with van der Waals surface area (Å²) in [5.74, 6) is 2.40. The van der Waals surface area contributed by atoms with E-state index in [-0.39, 0.29) is 5.91 Å². The molecule has 0 aliphatic carbocycles. The number of amides is 1. The largest absolute Gasteiger partial charge is 0.322 e. The number of rotatable bonds is 4. The van der Waals surface area contributed by atoms with E-state index in [4.69, 9.17) is 0 Å². The molecule has 120 valence electrons. The molecule has 0 spiro atoms. The molecule has 0 aromatic heterocycles. The average molecular weight is 362 g/mol. The molecule has 0 bridgehead atoms. The van der Waals surface area contributed by atoms with Crippen molar-refractivity contribution >= 4 is 46.9 Å². The molecule has 1 aliphatic heterocycles. The third-order valence-electron chi connectivity index (χ3n) is 3.62. The van der Waals surface area contributed by atoms with Gasteiger partial charge in [-0.1, -0.05) is 12.1 Å². The number of anilines is 1. The normalized spacial score (nSPS) is 15.3. The van der Waals surface area contributed by atoms with Gasteiger partial charge in [-0.2, -0.15) is 0 Å². The summed E-state index contributed by atoms with van der Waals surface area (Å²) in [5.41, 5.74) is 2.84. The standard InChI is InChI=1S/C18H19NOS3/c1-21-16-9-7-15(8-10-16)19-17(20)13-3-5-14(6-4-13)18-22-11-2-12-23-18/h3-10,18H,2,11-12H2,1H3,(H,19,20). The maximum atomic E-state index is 12.3. The van der Waals surface area contributed by atoms with E-state index >= 15 is 0 Å². The number of thioether (sulfide) groups is 3. The van der Waals surface area contributed by atoms with Gasteiger partial charge in [0.25, 0.3) is 5.91 Å². The lowest BCUT2D eigenvalue weighted by molar-refractivity contribution is 0.102. The number of hydrogen-bond acceptors (Lipinski definition) is 4. The summed E-state index contributed by atoms with van der Waals surface area (Å²) in [5, 5.41) is 2.95. The number of benzene rings is 2. The van der Waals surface area contributed by atoms with E-state index in [0.717, 1.165) is 5.69 Å². The van der Waals surface area contributed by atoms with Crippen LogP contribution in [0.4, 0.5) is 5.69 Å². The first-order chi connectivity index (χ1) is 11.3. The summed E-state index contributed by atoms with van der Waals surface area (Å²) in [7, 11) is 0. The molecule has 0 radical (unpaired) electrons. The van der Waals surface area contributed by atoms with Crippen molar-refractivity contribution < 1.29 is 4.79 Å². The highest BCUT2D eigenvalue weighted by molar-refractivity contribution is 8.16. The van der Waals surface area contributed by atoms with Gasteiger partial charge in [-0.05, 0) is 66.1 Å². The Balaban J connectivity index is 1.64. The second kappa shape index (κ2) is 8.18. The van der Waals surface area contributed by atoms with Crippen LogP contribution in [0.1, 0.15) is 26.9 Å². The zero-order valence-electron chi connectivity index (χ0n) is 13.0. The predicted molar refractivity (Wildman–Crippen MR) is 105 cm³/mol. The minimum Gasteiger partial charge on any atom is -0.322 e. The van der Waals surface area contributed by atoms with Crippen molar-refractivity contribution in [2.45, 2.75) is 15.9 Å². The summed E-state index contributed by atoms with van der Waals surface area (Å²) in [6.45, 7) is 0. The Kier molecular flexibility index (Phi) is 5.97. The van der Waals surface area contributed by atoms with Crippen LogP contribution in [0.5, 0.6) is 0 Å². The van der Waals surface area contributed by atoms with Gasteiger partial charge in [0.15, 0.2) is 0 Å². The van der Waals surface area contributed by atoms with Crippen LogP contribution in [0.2, 0.25) is 0 Å². The van der Waals surface area contributed by atoms with E-state index in [1.807, 2.05) is 66.2 Å². The number of hydrogen-bond donors (Lipinski definition) is 1. The maximum Gasteiger partial charge on any atom is 0.255 e. The molecule has 2 nitrogen and oxygen atoms in total. The van der Waals surface area contributed by atoms with Gasteiger partial charge in [0.1, 0.15) is 0 Å². The van der Waals surface area contributed by atoms with Crippen molar-refractivity contribution in [1.29, 1.82) is 0 Å². The molecule has 2 aromatic rings. The van der Waals surface area contributed by atoms with Crippen LogP contribution >= 0.6 is 35.3 Å². The monoisotopic (exact) mass is 361 g/mol. The van der Waals surface area contributed by atoms with Gasteiger partial charge in [-0.15, -0.1) is 35.3 Å². The third kappa shape index (κ3) is 4.49. The van der Waals surface area contributed by atoms with Crippen molar-refractivity contribution in [2.75, 3.05) is 23.1 Å². The Morgan fingerprint density at radius 3 is 2.30 bits per heavy atom. The molecule has 0 atom stereocenters. The number of nitrogens with one attached hydrogen (secondary N) is 1. The Bertz CT molecular complexity index is 649. The van der Waals surface area contributed by atoms with Crippen LogP contribution in [0, 0.1) is 0 Å². The van der Waals surface area contributed by atoms with Gasteiger partial charge in [0, 0.05) is 16.1 Å². The topological polar surface area (TPSA) is 29.1 Å². The first kappa shape index (κ1) is 16.8. The molecule has 1 fully saturated rings. The lowest BCUT2D eigenvalue weighted by Gasteiger charge is -2.21. The van der Waals surface area contributed by atoms with Gasteiger partial charge in [0.05, 0.1) is 4.58 Å². The molecule has 1 N–H and O–H groups in total. The average Bonchev–Trinajstić information content (AvgIpc) is 2.63. The quantitative estimate of drug-likeness (QED) is 0.725. The van der Waals surface area contributed by atoms with Crippen molar-refractivity contribution in [2.24, 2.45) is 0 Å². The van der Waals surface area contributed by atoms with E-state index in [2.05, 4.69) is 17.4 Å². The van der Waals surface area contributed by atoms with Crippen molar-refractivity contribution in [3.63, 3.8) is 0 Å². The van der Waals surface area contributed by atoms with Gasteiger partial charge < -0.3 is 5.32 Å². The minimum atomic E-state index is -0.0580. The van der Waals surface area contributed by atoms with E-state index < -0.39 is 0 Å². The minimum absolute atomic E-state index is 0.0580. The SMILES string of the molecule is CSc1ccc(NC(=O)c2ccc(C3SCCCS3)cc2)cc1. The van der Waals surface area contributed by atoms with Crippen LogP contribution in [0.25, 0.3) is 0 Å². The molecule has 0 unspecified atom stereocenters. The van der Waals surface area contributed by atoms with Crippen molar-refractivity contribution in [3.8, 4) is 0 Å². The molecule has 5 heteroatoms. The zero-order valence-corrected chi connectivity index (χ0v) is 15.4. The molecule has 3 rings (SSSR count). The van der Waals surface area contributed by atoms with Crippen molar-refractivity contribution in [1.82, 2.24) is 0 Å². The molecule has 0 saturated carbocycles. The maximum absolute atomic E-state index is 12.3. The van der Waals surface area contributed by atoms with Crippen LogP contribution in [0.15, 0.2) is 53.4 Å². The second-order valence-corrected chi connectivity index (χ2v) is 8.84. The van der Waals surface area contributed by atoms with Crippen molar-refractivity contribution in [3.05, 3.63) is 59.7 Å². The lowest BCUT2D eigenvalue weighted by atomic mass is 10.1. The van der Waals surface area contributed by atoms with Gasteiger partial charge in [-0.3, -0.25) is 4.79 Å². The van der Waals surface area contributed by atoms with E-state index in [1.54, 1.807) is 11.8 Å². The van der Waals surface area contributed by atoms with Gasteiger partial charge in [-0.25, -0.2) is 0 Å². The lowest BCUT2D eigenvalue weighted by Crippen LogP contribution is -2.12. The van der Waals surface area contributed by atoms with Crippen LogP contribution in [-0.4, -0.2) is 23.7 Å². The molecule has 1 saturated heterocycles. The second-order valence-electron chi connectivity index (χ2n) is 5.23. The Hall–Kier alpha value is -1.04. The molecular formula is C18H19NOS3. The molecule has 1 aliphatic rings. The van der Waals surface area contributed by atoms with Crippen LogP contribution in [0.3, 0.4) is 0 Å². The predicted octanol–water partition coefficient (Wildman–Crippen LogP) is 5.53. The Morgan fingerprint density at radius 1 is 1.04 bits per heavy atom. The highest BCUT2D eigenvalue weighted by atomic mass is 32.2. The fourth-order valence-corrected chi connectivity index (χ4v) is 5.65. The first-order valence-electron chi connectivity index (χ1n) is 7.55. The smallest absolute Gasteiger partial charge is 0.255 e. The van der Waals surface area contributed by atoms with Crippen LogP contribution < -0.4 is 5.32 Å². The molecular weight excluding hydrogens is 342 g/mol. The zero-order chi connectivity index (χ0) is 16.1. The van der Waals surface area contributed by atoms with Gasteiger partial charge >= 0.3 is 0 Å². The molecule has 1 heterocycles. The van der Waals surface area contributed by atoms with Gasteiger partial charge in [0.2, 0.25) is 0 Å². The number of carbonyl (C=O) groups excluding carboxylic acids is 1. The van der Waals surface area contributed by atoms with E-state index in [1.165, 1.54) is 28.4 Å². The summed E-state index contributed by atoms with van der Waals surface area (Å²) in [6, 6.07) is 15.9. The number of carbonyl (C=O) groups is 1. The van der Waals surface area contributed by atoms with E-state index in [0.29, 0.717) is 10.1 Å². The highest BCUT2D eigenvalue weighted by Crippen LogP contribution is 2.43. The molecule has 1 amide bonds. The fourth-order valence-electron chi connectivity index (χ4n) is 2.35. The highest BCUT2D eigenvalue weighted by Gasteiger charge is 2.17.